The third-order valence-electron chi connectivity index (χ3n) is 4.77. The van der Waals surface area contributed by atoms with Crippen LogP contribution in [0.1, 0.15) is 25.3 Å². The van der Waals surface area contributed by atoms with Crippen LogP contribution in [0.4, 0.5) is 8.78 Å². The minimum Gasteiger partial charge on any atom is -0.466 e. The molecule has 23 heavy (non-hydrogen) atoms. The van der Waals surface area contributed by atoms with Crippen LogP contribution in [0, 0.1) is 11.3 Å². The first-order valence-corrected chi connectivity index (χ1v) is 7.80. The summed E-state index contributed by atoms with van der Waals surface area (Å²) in [5.41, 5.74) is -0.404. The molecule has 1 aromatic carbocycles. The molecule has 0 N–H and O–H groups in total. The molecule has 1 heterocycles. The predicted molar refractivity (Wildman–Crippen MR) is 78.6 cm³/mol. The largest absolute Gasteiger partial charge is 0.466 e. The second-order valence-corrected chi connectivity index (χ2v) is 6.22. The van der Waals surface area contributed by atoms with Crippen LogP contribution in [0.5, 0.6) is 0 Å². The Bertz CT molecular complexity index is 614. The Balaban J connectivity index is 1.81. The van der Waals surface area contributed by atoms with Gasteiger partial charge in [0.15, 0.2) is 0 Å². The van der Waals surface area contributed by atoms with Crippen molar-refractivity contribution in [3.8, 4) is 0 Å². The predicted octanol–water partition coefficient (Wildman–Crippen LogP) is 2.62. The molecule has 0 radical (unpaired) electrons. The van der Waals surface area contributed by atoms with E-state index in [0.717, 1.165) is 10.5 Å². The first-order valence-electron chi connectivity index (χ1n) is 7.80. The first-order chi connectivity index (χ1) is 10.9. The SMILES string of the molecule is CCOC(=O)C1(C2CN(Cc3ccccc3)C(=O)C2(F)F)CC1. The van der Waals surface area contributed by atoms with E-state index in [2.05, 4.69) is 0 Å². The minimum absolute atomic E-state index is 0.112. The molecule has 1 atom stereocenters. The van der Waals surface area contributed by atoms with E-state index in [1.165, 1.54) is 0 Å². The standard InChI is InChI=1S/C17H19F2NO3/c1-2-23-15(22)16(8-9-16)13-11-20(14(21)17(13,18)19)10-12-6-4-3-5-7-12/h3-7,13H,2,8-11H2,1H3. The number of hydrogen-bond donors (Lipinski definition) is 0. The highest BCUT2D eigenvalue weighted by Gasteiger charge is 2.70. The number of esters is 1. The van der Waals surface area contributed by atoms with Gasteiger partial charge in [-0.2, -0.15) is 8.78 Å². The maximum Gasteiger partial charge on any atom is 0.330 e. The lowest BCUT2D eigenvalue weighted by Gasteiger charge is -2.24. The molecule has 0 aromatic heterocycles. The molecule has 0 spiro atoms. The lowest BCUT2D eigenvalue weighted by atomic mass is 9.85. The van der Waals surface area contributed by atoms with E-state index in [4.69, 9.17) is 4.74 Å². The van der Waals surface area contributed by atoms with Crippen molar-refractivity contribution in [1.29, 1.82) is 0 Å². The van der Waals surface area contributed by atoms with Gasteiger partial charge in [0.1, 0.15) is 0 Å². The zero-order chi connectivity index (χ0) is 16.7. The Kier molecular flexibility index (Phi) is 3.86. The number of amides is 1. The zero-order valence-electron chi connectivity index (χ0n) is 12.9. The van der Waals surface area contributed by atoms with Crippen LogP contribution in [0.3, 0.4) is 0 Å². The molecule has 6 heteroatoms. The fraction of sp³-hybridized carbons (Fsp3) is 0.529. The number of carbonyl (C=O) groups is 2. The molecule has 0 bridgehead atoms. The van der Waals surface area contributed by atoms with E-state index in [1.54, 1.807) is 31.2 Å². The Morgan fingerprint density at radius 1 is 1.30 bits per heavy atom. The second-order valence-electron chi connectivity index (χ2n) is 6.22. The molecule has 1 saturated carbocycles. The van der Waals surface area contributed by atoms with E-state index in [0.29, 0.717) is 12.8 Å². The molecular weight excluding hydrogens is 304 g/mol. The lowest BCUT2D eigenvalue weighted by Crippen LogP contribution is -2.41. The summed E-state index contributed by atoms with van der Waals surface area (Å²) in [6.07, 6.45) is 0.719. The van der Waals surface area contributed by atoms with E-state index < -0.39 is 29.1 Å². The topological polar surface area (TPSA) is 46.6 Å². The smallest absolute Gasteiger partial charge is 0.330 e. The summed E-state index contributed by atoms with van der Waals surface area (Å²) in [6.45, 7) is 1.82. The summed E-state index contributed by atoms with van der Waals surface area (Å²) in [7, 11) is 0. The summed E-state index contributed by atoms with van der Waals surface area (Å²) in [4.78, 5) is 25.4. The highest BCUT2D eigenvalue weighted by atomic mass is 19.3. The minimum atomic E-state index is -3.52. The van der Waals surface area contributed by atoms with Crippen LogP contribution in [-0.2, 0) is 20.9 Å². The van der Waals surface area contributed by atoms with Crippen molar-refractivity contribution >= 4 is 11.9 Å². The Morgan fingerprint density at radius 2 is 1.96 bits per heavy atom. The van der Waals surface area contributed by atoms with Gasteiger partial charge in [-0.25, -0.2) is 0 Å². The lowest BCUT2D eigenvalue weighted by molar-refractivity contribution is -0.163. The van der Waals surface area contributed by atoms with Crippen molar-refractivity contribution in [2.45, 2.75) is 32.2 Å². The molecule has 1 unspecified atom stereocenters. The molecule has 1 saturated heterocycles. The Labute approximate surface area is 133 Å². The van der Waals surface area contributed by atoms with Crippen LogP contribution in [0.2, 0.25) is 0 Å². The molecule has 1 aliphatic heterocycles. The van der Waals surface area contributed by atoms with Gasteiger partial charge >= 0.3 is 11.9 Å². The van der Waals surface area contributed by atoms with Crippen molar-refractivity contribution in [3.05, 3.63) is 35.9 Å². The van der Waals surface area contributed by atoms with Crippen molar-refractivity contribution in [1.82, 2.24) is 4.90 Å². The Hall–Kier alpha value is -1.98. The summed E-state index contributed by atoms with van der Waals surface area (Å²) in [5, 5.41) is 0. The molecule has 1 aliphatic carbocycles. The molecule has 3 rings (SSSR count). The number of rotatable bonds is 5. The van der Waals surface area contributed by atoms with E-state index >= 15 is 0 Å². The first kappa shape index (κ1) is 15.9. The van der Waals surface area contributed by atoms with Crippen LogP contribution >= 0.6 is 0 Å². The number of benzene rings is 1. The van der Waals surface area contributed by atoms with Gasteiger partial charge in [0, 0.05) is 13.1 Å². The summed E-state index contributed by atoms with van der Waals surface area (Å²) in [6, 6.07) is 9.00. The number of nitrogens with zero attached hydrogens (tertiary/aromatic N) is 1. The maximum atomic E-state index is 14.5. The van der Waals surface area contributed by atoms with Gasteiger partial charge in [0.25, 0.3) is 5.91 Å². The zero-order valence-corrected chi connectivity index (χ0v) is 12.9. The van der Waals surface area contributed by atoms with Crippen LogP contribution < -0.4 is 0 Å². The van der Waals surface area contributed by atoms with Gasteiger partial charge in [-0.05, 0) is 25.3 Å². The molecule has 1 amide bonds. The number of likely N-dealkylation sites (tertiary alicyclic amines) is 1. The average Bonchev–Trinajstić information content (AvgIpc) is 3.29. The van der Waals surface area contributed by atoms with Crippen molar-refractivity contribution < 1.29 is 23.1 Å². The van der Waals surface area contributed by atoms with Crippen molar-refractivity contribution in [2.24, 2.45) is 11.3 Å². The molecule has 1 aromatic rings. The number of ether oxygens (including phenoxy) is 1. The van der Waals surface area contributed by atoms with E-state index in [-0.39, 0.29) is 19.7 Å². The normalized spacial score (nSPS) is 24.6. The number of hydrogen-bond acceptors (Lipinski definition) is 3. The van der Waals surface area contributed by atoms with E-state index in [1.807, 2.05) is 6.07 Å². The van der Waals surface area contributed by atoms with Crippen LogP contribution in [0.25, 0.3) is 0 Å². The van der Waals surface area contributed by atoms with Crippen LogP contribution in [-0.4, -0.2) is 35.9 Å². The fourth-order valence-electron chi connectivity index (χ4n) is 3.34. The summed E-state index contributed by atoms with van der Waals surface area (Å²) < 4.78 is 33.9. The maximum absolute atomic E-state index is 14.5. The fourth-order valence-corrected chi connectivity index (χ4v) is 3.34. The third kappa shape index (κ3) is 2.60. The number of alkyl halides is 2. The van der Waals surface area contributed by atoms with Gasteiger partial charge in [-0.15, -0.1) is 0 Å². The summed E-state index contributed by atoms with van der Waals surface area (Å²) >= 11 is 0. The monoisotopic (exact) mass is 323 g/mol. The average molecular weight is 323 g/mol. The van der Waals surface area contributed by atoms with Gasteiger partial charge < -0.3 is 9.64 Å². The highest BCUT2D eigenvalue weighted by molar-refractivity contribution is 5.89. The van der Waals surface area contributed by atoms with Gasteiger partial charge in [0.2, 0.25) is 0 Å². The molecule has 2 fully saturated rings. The van der Waals surface area contributed by atoms with Crippen LogP contribution in [0.15, 0.2) is 30.3 Å². The molecular formula is C17H19F2NO3. The number of carbonyl (C=O) groups excluding carboxylic acids is 2. The third-order valence-corrected chi connectivity index (χ3v) is 4.77. The van der Waals surface area contributed by atoms with E-state index in [9.17, 15) is 18.4 Å². The number of halogens is 2. The second kappa shape index (κ2) is 5.58. The van der Waals surface area contributed by atoms with Gasteiger partial charge in [0.05, 0.1) is 17.9 Å². The van der Waals surface area contributed by atoms with Gasteiger partial charge in [-0.1, -0.05) is 30.3 Å². The Morgan fingerprint density at radius 3 is 2.52 bits per heavy atom. The summed E-state index contributed by atoms with van der Waals surface area (Å²) in [5.74, 6) is -6.61. The quantitative estimate of drug-likeness (QED) is 0.783. The molecule has 2 aliphatic rings. The van der Waals surface area contributed by atoms with Crippen molar-refractivity contribution in [3.63, 3.8) is 0 Å². The highest BCUT2D eigenvalue weighted by Crippen LogP contribution is 2.59. The van der Waals surface area contributed by atoms with Crippen molar-refractivity contribution in [2.75, 3.05) is 13.2 Å². The van der Waals surface area contributed by atoms with Gasteiger partial charge in [-0.3, -0.25) is 9.59 Å². The molecule has 124 valence electrons. The molecule has 4 nitrogen and oxygen atoms in total.